The van der Waals surface area contributed by atoms with E-state index in [4.69, 9.17) is 16.6 Å². The maximum absolute atomic E-state index is 13.1. The van der Waals surface area contributed by atoms with Crippen LogP contribution in [0.15, 0.2) is 53.2 Å². The average Bonchev–Trinajstić information content (AvgIpc) is 3.04. The van der Waals surface area contributed by atoms with Gasteiger partial charge in [0.2, 0.25) is 5.89 Å². The van der Waals surface area contributed by atoms with Gasteiger partial charge >= 0.3 is 0 Å². The third-order valence-corrected chi connectivity index (χ3v) is 4.90. The highest BCUT2D eigenvalue weighted by atomic mass is 32.1. The first-order chi connectivity index (χ1) is 12.7. The first-order valence-corrected chi connectivity index (χ1v) is 8.98. The van der Waals surface area contributed by atoms with Crippen LogP contribution in [0.4, 0.5) is 10.1 Å². The van der Waals surface area contributed by atoms with E-state index in [1.807, 2.05) is 12.4 Å². The van der Waals surface area contributed by atoms with Crippen molar-refractivity contribution >= 4 is 17.9 Å². The molecule has 0 unspecified atom stereocenters. The zero-order valence-corrected chi connectivity index (χ0v) is 15.0. The molecule has 0 amide bonds. The van der Waals surface area contributed by atoms with Crippen LogP contribution in [0.25, 0.3) is 11.5 Å². The molecule has 2 aromatic heterocycles. The number of H-pyrrole nitrogens is 1. The molecule has 4 rings (SSSR count). The van der Waals surface area contributed by atoms with Crippen LogP contribution in [0.1, 0.15) is 0 Å². The number of aromatic nitrogens is 3. The number of nitrogens with one attached hydrogen (secondary N) is 2. The van der Waals surface area contributed by atoms with Crippen LogP contribution >= 0.6 is 12.2 Å². The minimum absolute atomic E-state index is 0.287. The van der Waals surface area contributed by atoms with Gasteiger partial charge in [-0.25, -0.2) is 9.37 Å². The Kier molecular flexibility index (Phi) is 4.77. The quantitative estimate of drug-likeness (QED) is 0.698. The molecule has 3 heterocycles. The van der Waals surface area contributed by atoms with E-state index in [1.54, 1.807) is 16.8 Å². The van der Waals surface area contributed by atoms with E-state index in [9.17, 15) is 4.39 Å². The van der Waals surface area contributed by atoms with Crippen molar-refractivity contribution in [3.63, 3.8) is 0 Å². The molecule has 1 aromatic carbocycles. The predicted octanol–water partition coefficient (Wildman–Crippen LogP) is 1.19. The minimum Gasteiger partial charge on any atom is -0.409 e. The lowest BCUT2D eigenvalue weighted by atomic mass is 10.2. The topological polar surface area (TPSA) is 52.8 Å². The number of rotatable bonds is 4. The molecule has 0 spiro atoms. The first-order valence-electron chi connectivity index (χ1n) is 8.57. The van der Waals surface area contributed by atoms with Crippen LogP contribution in [0.3, 0.4) is 0 Å². The fourth-order valence-corrected chi connectivity index (χ4v) is 3.34. The van der Waals surface area contributed by atoms with Crippen molar-refractivity contribution in [3.05, 3.63) is 59.4 Å². The Bertz CT molecular complexity index is 917. The second-order valence-electron chi connectivity index (χ2n) is 6.33. The fourth-order valence-electron chi connectivity index (χ4n) is 3.16. The number of hydrogen-bond donors (Lipinski definition) is 1. The van der Waals surface area contributed by atoms with Crippen molar-refractivity contribution in [3.8, 4) is 11.5 Å². The molecular weight excluding hydrogens is 353 g/mol. The highest BCUT2D eigenvalue weighted by molar-refractivity contribution is 7.71. The average molecular weight is 373 g/mol. The molecule has 1 fully saturated rings. The van der Waals surface area contributed by atoms with Crippen LogP contribution < -0.4 is 14.8 Å². The second-order valence-corrected chi connectivity index (χ2v) is 6.68. The van der Waals surface area contributed by atoms with Gasteiger partial charge in [-0.15, -0.1) is 5.10 Å². The number of pyridine rings is 1. The molecule has 0 radical (unpaired) electrons. The molecule has 6 nitrogen and oxygen atoms in total. The third-order valence-electron chi connectivity index (χ3n) is 4.61. The molecule has 1 saturated heterocycles. The van der Waals surface area contributed by atoms with Gasteiger partial charge in [0.1, 0.15) is 5.82 Å². The van der Waals surface area contributed by atoms with Gasteiger partial charge in [-0.05, 0) is 36.5 Å². The Hall–Kier alpha value is -2.58. The van der Waals surface area contributed by atoms with Gasteiger partial charge in [-0.3, -0.25) is 0 Å². The Morgan fingerprint density at radius 3 is 2.50 bits per heavy atom. The van der Waals surface area contributed by atoms with Crippen molar-refractivity contribution < 1.29 is 18.7 Å². The van der Waals surface area contributed by atoms with Gasteiger partial charge in [0.15, 0.2) is 19.1 Å². The normalized spacial score (nSPS) is 15.3. The Morgan fingerprint density at radius 2 is 1.81 bits per heavy atom. The summed E-state index contributed by atoms with van der Waals surface area (Å²) in [7, 11) is 0. The van der Waals surface area contributed by atoms with Gasteiger partial charge in [-0.1, -0.05) is 0 Å². The zero-order chi connectivity index (χ0) is 17.9. The van der Waals surface area contributed by atoms with E-state index in [-0.39, 0.29) is 5.82 Å². The molecule has 0 bridgehead atoms. The van der Waals surface area contributed by atoms with Crippen molar-refractivity contribution in [1.29, 1.82) is 0 Å². The predicted molar refractivity (Wildman–Crippen MR) is 96.6 cm³/mol. The van der Waals surface area contributed by atoms with E-state index in [1.165, 1.54) is 22.7 Å². The number of nitrogens with zero attached hydrogens (tertiary/aromatic N) is 3. The summed E-state index contributed by atoms with van der Waals surface area (Å²) in [5, 5.41) is 4.47. The summed E-state index contributed by atoms with van der Waals surface area (Å²) in [5.41, 5.74) is 1.95. The standard InChI is InChI=1S/C18H18FN5OS/c19-15-3-1-14(2-4-15)17-21-24(18(26)25-17)13-22-9-11-23(12-10-22)16-5-7-20-8-6-16/h1-8H,9-13H2/p+2. The molecule has 8 heteroatoms. The minimum atomic E-state index is -0.287. The summed E-state index contributed by atoms with van der Waals surface area (Å²) >= 11 is 5.30. The number of hydrogen-bond acceptors (Lipinski definition) is 4. The molecule has 0 aliphatic carbocycles. The molecular formula is C18H20FN5OS+2. The van der Waals surface area contributed by atoms with Crippen molar-refractivity contribution in [2.24, 2.45) is 0 Å². The lowest BCUT2D eigenvalue weighted by molar-refractivity contribution is -0.924. The van der Waals surface area contributed by atoms with E-state index in [0.717, 1.165) is 31.7 Å². The summed E-state index contributed by atoms with van der Waals surface area (Å²) in [6.45, 7) is 4.63. The lowest BCUT2D eigenvalue weighted by Gasteiger charge is -2.32. The van der Waals surface area contributed by atoms with Crippen LogP contribution in [-0.4, -0.2) is 36.0 Å². The Labute approximate surface area is 155 Å². The molecule has 26 heavy (non-hydrogen) atoms. The summed E-state index contributed by atoms with van der Waals surface area (Å²) in [4.78, 5) is 7.18. The van der Waals surface area contributed by atoms with Crippen LogP contribution in [0.5, 0.6) is 0 Å². The highest BCUT2D eigenvalue weighted by Crippen LogP contribution is 2.17. The summed E-state index contributed by atoms with van der Waals surface area (Å²) in [5.74, 6) is 0.138. The van der Waals surface area contributed by atoms with Crippen LogP contribution in [0, 0.1) is 10.7 Å². The van der Waals surface area contributed by atoms with Gasteiger partial charge in [0.05, 0.1) is 26.2 Å². The van der Waals surface area contributed by atoms with E-state index in [2.05, 4.69) is 27.1 Å². The molecule has 1 aliphatic rings. The largest absolute Gasteiger partial charge is 0.409 e. The number of aromatic amines is 1. The summed E-state index contributed by atoms with van der Waals surface area (Å²) in [6.07, 6.45) is 3.89. The van der Waals surface area contributed by atoms with Gasteiger partial charge < -0.3 is 14.2 Å². The van der Waals surface area contributed by atoms with E-state index in [0.29, 0.717) is 17.4 Å². The molecule has 134 valence electrons. The molecule has 0 atom stereocenters. The van der Waals surface area contributed by atoms with Crippen molar-refractivity contribution in [2.75, 3.05) is 31.1 Å². The van der Waals surface area contributed by atoms with E-state index >= 15 is 0 Å². The summed E-state index contributed by atoms with van der Waals surface area (Å²) < 4.78 is 20.4. The third kappa shape index (κ3) is 3.66. The number of anilines is 1. The Morgan fingerprint density at radius 1 is 1.12 bits per heavy atom. The maximum atomic E-state index is 13.1. The SMILES string of the molecule is Fc1ccc(-c2nn(C[NH+]3CCN(c4cc[nH+]cc4)CC3)c(=S)o2)cc1. The molecule has 1 aliphatic heterocycles. The highest BCUT2D eigenvalue weighted by Gasteiger charge is 2.22. The van der Waals surface area contributed by atoms with Gasteiger partial charge in [0, 0.05) is 23.4 Å². The van der Waals surface area contributed by atoms with Gasteiger partial charge in [-0.2, -0.15) is 4.68 Å². The Balaban J connectivity index is 1.41. The number of quaternary nitrogens is 1. The zero-order valence-electron chi connectivity index (χ0n) is 14.2. The monoisotopic (exact) mass is 373 g/mol. The second kappa shape index (κ2) is 7.35. The van der Waals surface area contributed by atoms with Crippen LogP contribution in [-0.2, 0) is 6.67 Å². The lowest BCUT2D eigenvalue weighted by Crippen LogP contribution is -3.14. The first kappa shape index (κ1) is 16.9. The summed E-state index contributed by atoms with van der Waals surface area (Å²) in [6, 6.07) is 10.2. The van der Waals surface area contributed by atoms with E-state index < -0.39 is 0 Å². The van der Waals surface area contributed by atoms with Crippen molar-refractivity contribution in [2.45, 2.75) is 6.67 Å². The molecule has 3 aromatic rings. The van der Waals surface area contributed by atoms with Crippen molar-refractivity contribution in [1.82, 2.24) is 9.78 Å². The number of benzene rings is 1. The van der Waals surface area contributed by atoms with Gasteiger partial charge in [0.25, 0.3) is 4.84 Å². The number of halogens is 1. The number of piperazine rings is 1. The smallest absolute Gasteiger partial charge is 0.292 e. The van der Waals surface area contributed by atoms with Crippen LogP contribution in [0.2, 0.25) is 0 Å². The fraction of sp³-hybridized carbons (Fsp3) is 0.278. The molecule has 2 N–H and O–H groups in total. The maximum Gasteiger partial charge on any atom is 0.292 e. The molecule has 0 saturated carbocycles.